The number of carbonyl (C=O) groups excluding carboxylic acids is 1. The van der Waals surface area contributed by atoms with Crippen LogP contribution in [-0.4, -0.2) is 24.4 Å². The Kier molecular flexibility index (Phi) is 4.86. The van der Waals surface area contributed by atoms with Gasteiger partial charge in [-0.2, -0.15) is 0 Å². The van der Waals surface area contributed by atoms with E-state index >= 15 is 0 Å². The molecule has 5 nitrogen and oxygen atoms in total. The van der Waals surface area contributed by atoms with Crippen LogP contribution in [0.15, 0.2) is 64.5 Å². The number of hydrogen-bond donors (Lipinski definition) is 1. The monoisotopic (exact) mass is 384 g/mol. The molecule has 1 aromatic heterocycles. The summed E-state index contributed by atoms with van der Waals surface area (Å²) in [7, 11) is -3.68. The molecule has 142 valence electrons. The minimum Gasteiger partial charge on any atom is -0.350 e. The van der Waals surface area contributed by atoms with E-state index in [0.717, 1.165) is 5.56 Å². The molecule has 1 N–H and O–H groups in total. The molecule has 0 aliphatic carbocycles. The minimum atomic E-state index is -3.68. The van der Waals surface area contributed by atoms with E-state index < -0.39 is 9.84 Å². The lowest BCUT2D eigenvalue weighted by molar-refractivity contribution is -0.123. The molecule has 0 spiro atoms. The van der Waals surface area contributed by atoms with Crippen molar-refractivity contribution in [1.29, 1.82) is 0 Å². The van der Waals surface area contributed by atoms with Gasteiger partial charge in [0, 0.05) is 22.6 Å². The number of fused-ring (bicyclic) bond motifs is 1. The Bertz CT molecular complexity index is 1090. The fourth-order valence-corrected chi connectivity index (χ4v) is 4.49. The molecule has 0 saturated heterocycles. The topological polar surface area (TPSA) is 68.2 Å². The van der Waals surface area contributed by atoms with Gasteiger partial charge in [0.1, 0.15) is 6.54 Å². The van der Waals surface area contributed by atoms with Crippen molar-refractivity contribution in [2.24, 2.45) is 0 Å². The summed E-state index contributed by atoms with van der Waals surface area (Å²) in [6.45, 7) is 7.70. The number of hydrogen-bond acceptors (Lipinski definition) is 3. The van der Waals surface area contributed by atoms with Gasteiger partial charge in [0.05, 0.1) is 9.79 Å². The van der Waals surface area contributed by atoms with Gasteiger partial charge in [-0.25, -0.2) is 8.42 Å². The van der Waals surface area contributed by atoms with Crippen LogP contribution < -0.4 is 5.32 Å². The molecule has 0 radical (unpaired) electrons. The van der Waals surface area contributed by atoms with Crippen molar-refractivity contribution in [3.63, 3.8) is 0 Å². The van der Waals surface area contributed by atoms with Gasteiger partial charge in [-0.3, -0.25) is 4.79 Å². The second kappa shape index (κ2) is 6.85. The lowest BCUT2D eigenvalue weighted by Crippen LogP contribution is -2.42. The van der Waals surface area contributed by atoms with Crippen LogP contribution >= 0.6 is 0 Å². The standard InChI is InChI=1S/C21H24N2O3S/c1-15-9-11-16(12-10-15)27(25,26)19-13-23(14-20(24)22-21(2,3)4)18-8-6-5-7-17(18)19/h5-13H,14H2,1-4H3,(H,22,24). The highest BCUT2D eigenvalue weighted by atomic mass is 32.2. The zero-order chi connectivity index (χ0) is 19.8. The lowest BCUT2D eigenvalue weighted by Gasteiger charge is -2.20. The summed E-state index contributed by atoms with van der Waals surface area (Å²) in [6, 6.07) is 14.0. The van der Waals surface area contributed by atoms with E-state index in [4.69, 9.17) is 0 Å². The van der Waals surface area contributed by atoms with Crippen LogP contribution in [0.3, 0.4) is 0 Å². The first-order valence-electron chi connectivity index (χ1n) is 8.78. The molecule has 0 aliphatic heterocycles. The van der Waals surface area contributed by atoms with Crippen molar-refractivity contribution < 1.29 is 13.2 Å². The summed E-state index contributed by atoms with van der Waals surface area (Å²) in [5.74, 6) is -0.164. The van der Waals surface area contributed by atoms with Gasteiger partial charge in [0.15, 0.2) is 0 Å². The normalized spacial score (nSPS) is 12.3. The fourth-order valence-electron chi connectivity index (χ4n) is 3.01. The zero-order valence-electron chi connectivity index (χ0n) is 16.0. The molecular formula is C21H24N2O3S. The highest BCUT2D eigenvalue weighted by molar-refractivity contribution is 7.91. The Hall–Kier alpha value is -2.60. The number of nitrogens with one attached hydrogen (secondary N) is 1. The van der Waals surface area contributed by atoms with Gasteiger partial charge >= 0.3 is 0 Å². The Labute approximate surface area is 159 Å². The first kappa shape index (κ1) is 19.2. The number of benzene rings is 2. The number of carbonyl (C=O) groups is 1. The highest BCUT2D eigenvalue weighted by Gasteiger charge is 2.24. The maximum Gasteiger partial charge on any atom is 0.240 e. The maximum absolute atomic E-state index is 13.2. The van der Waals surface area contributed by atoms with Crippen LogP contribution in [0.4, 0.5) is 0 Å². The van der Waals surface area contributed by atoms with Crippen LogP contribution in [0.5, 0.6) is 0 Å². The van der Waals surface area contributed by atoms with Gasteiger partial charge in [-0.05, 0) is 45.9 Å². The Balaban J connectivity index is 2.07. The number of para-hydroxylation sites is 1. The molecule has 3 rings (SSSR count). The molecular weight excluding hydrogens is 360 g/mol. The van der Waals surface area contributed by atoms with E-state index in [9.17, 15) is 13.2 Å². The maximum atomic E-state index is 13.2. The summed E-state index contributed by atoms with van der Waals surface area (Å²) in [5, 5.41) is 3.52. The van der Waals surface area contributed by atoms with Gasteiger partial charge in [0.2, 0.25) is 15.7 Å². The fraction of sp³-hybridized carbons (Fsp3) is 0.286. The average molecular weight is 385 g/mol. The SMILES string of the molecule is Cc1ccc(S(=O)(=O)c2cn(CC(=O)NC(C)(C)C)c3ccccc23)cc1. The summed E-state index contributed by atoms with van der Waals surface area (Å²) in [5.41, 5.74) is 1.36. The molecule has 2 aromatic carbocycles. The average Bonchev–Trinajstić information content (AvgIpc) is 2.93. The molecule has 0 saturated carbocycles. The zero-order valence-corrected chi connectivity index (χ0v) is 16.8. The number of nitrogens with zero attached hydrogens (tertiary/aromatic N) is 1. The van der Waals surface area contributed by atoms with Crippen molar-refractivity contribution in [1.82, 2.24) is 9.88 Å². The van der Waals surface area contributed by atoms with E-state index in [1.165, 1.54) is 0 Å². The number of aromatic nitrogens is 1. The Morgan fingerprint density at radius 3 is 2.30 bits per heavy atom. The quantitative estimate of drug-likeness (QED) is 0.746. The summed E-state index contributed by atoms with van der Waals surface area (Å²) in [6.07, 6.45) is 1.56. The number of amides is 1. The lowest BCUT2D eigenvalue weighted by atomic mass is 10.1. The Morgan fingerprint density at radius 1 is 1.04 bits per heavy atom. The summed E-state index contributed by atoms with van der Waals surface area (Å²) >= 11 is 0. The number of aryl methyl sites for hydroxylation is 1. The Morgan fingerprint density at radius 2 is 1.67 bits per heavy atom. The predicted molar refractivity (Wildman–Crippen MR) is 106 cm³/mol. The summed E-state index contributed by atoms with van der Waals surface area (Å²) < 4.78 is 28.0. The van der Waals surface area contributed by atoms with E-state index in [1.54, 1.807) is 47.2 Å². The van der Waals surface area contributed by atoms with Gasteiger partial charge in [0.25, 0.3) is 0 Å². The van der Waals surface area contributed by atoms with Crippen LogP contribution in [0.2, 0.25) is 0 Å². The molecule has 0 aliphatic rings. The molecule has 1 heterocycles. The van der Waals surface area contributed by atoms with Crippen molar-refractivity contribution in [2.75, 3.05) is 0 Å². The third-order valence-electron chi connectivity index (χ3n) is 4.20. The number of sulfone groups is 1. The van der Waals surface area contributed by atoms with Crippen LogP contribution in [0.25, 0.3) is 10.9 Å². The van der Waals surface area contributed by atoms with Crippen molar-refractivity contribution >= 4 is 26.6 Å². The van der Waals surface area contributed by atoms with Crippen molar-refractivity contribution in [3.05, 3.63) is 60.3 Å². The van der Waals surface area contributed by atoms with Crippen molar-refractivity contribution in [2.45, 2.75) is 49.6 Å². The van der Waals surface area contributed by atoms with Crippen LogP contribution in [0.1, 0.15) is 26.3 Å². The summed E-state index contributed by atoms with van der Waals surface area (Å²) in [4.78, 5) is 12.8. The molecule has 27 heavy (non-hydrogen) atoms. The van der Waals surface area contributed by atoms with Gasteiger partial charge in [-0.1, -0.05) is 35.9 Å². The molecule has 0 bridgehead atoms. The van der Waals surface area contributed by atoms with Crippen LogP contribution in [0, 0.1) is 6.92 Å². The smallest absolute Gasteiger partial charge is 0.240 e. The largest absolute Gasteiger partial charge is 0.350 e. The van der Waals surface area contributed by atoms with Gasteiger partial charge in [-0.15, -0.1) is 0 Å². The highest BCUT2D eigenvalue weighted by Crippen LogP contribution is 2.30. The third kappa shape index (κ3) is 4.06. The van der Waals surface area contributed by atoms with E-state index in [2.05, 4.69) is 5.32 Å². The predicted octanol–water partition coefficient (Wildman–Crippen LogP) is 3.70. The second-order valence-corrected chi connectivity index (χ2v) is 9.67. The third-order valence-corrected chi connectivity index (χ3v) is 6.00. The molecule has 1 amide bonds. The van der Waals surface area contributed by atoms with Gasteiger partial charge < -0.3 is 9.88 Å². The first-order chi connectivity index (χ1) is 12.6. The van der Waals surface area contributed by atoms with E-state index in [-0.39, 0.29) is 27.8 Å². The van der Waals surface area contributed by atoms with Crippen molar-refractivity contribution in [3.8, 4) is 0 Å². The molecule has 0 unspecified atom stereocenters. The molecule has 6 heteroatoms. The van der Waals surface area contributed by atoms with E-state index in [0.29, 0.717) is 10.9 Å². The van der Waals surface area contributed by atoms with Crippen LogP contribution in [-0.2, 0) is 21.2 Å². The first-order valence-corrected chi connectivity index (χ1v) is 10.3. The number of rotatable bonds is 4. The molecule has 3 aromatic rings. The molecule has 0 fully saturated rings. The minimum absolute atomic E-state index is 0.0567. The molecule has 0 atom stereocenters. The second-order valence-electron chi connectivity index (χ2n) is 7.75. The van der Waals surface area contributed by atoms with E-state index in [1.807, 2.05) is 39.8 Å².